The first-order valence-electron chi connectivity index (χ1n) is 6.99. The van der Waals surface area contributed by atoms with Crippen molar-refractivity contribution >= 4 is 5.91 Å². The molecule has 1 aliphatic carbocycles. The van der Waals surface area contributed by atoms with Gasteiger partial charge < -0.3 is 10.2 Å². The Hall–Kier alpha value is -1.42. The summed E-state index contributed by atoms with van der Waals surface area (Å²) in [6, 6.07) is 6.56. The van der Waals surface area contributed by atoms with E-state index >= 15 is 0 Å². The van der Waals surface area contributed by atoms with Crippen LogP contribution in [0.4, 0.5) is 4.39 Å². The molecule has 1 aliphatic heterocycles. The number of nitrogens with one attached hydrogen (secondary N) is 1. The number of amides is 1. The van der Waals surface area contributed by atoms with Gasteiger partial charge in [0.25, 0.3) is 0 Å². The van der Waals surface area contributed by atoms with E-state index in [-0.39, 0.29) is 17.8 Å². The molecule has 19 heavy (non-hydrogen) atoms. The number of halogens is 1. The summed E-state index contributed by atoms with van der Waals surface area (Å²) >= 11 is 0. The molecule has 1 heterocycles. The molecule has 1 unspecified atom stereocenters. The second-order valence-corrected chi connectivity index (χ2v) is 5.51. The Morgan fingerprint density at radius 3 is 3.00 bits per heavy atom. The molecule has 1 amide bonds. The Bertz CT molecular complexity index is 473. The lowest BCUT2D eigenvalue weighted by molar-refractivity contribution is -0.134. The van der Waals surface area contributed by atoms with Crippen LogP contribution in [0.25, 0.3) is 0 Å². The van der Waals surface area contributed by atoms with Crippen molar-refractivity contribution in [3.63, 3.8) is 0 Å². The number of hydrogen-bond donors (Lipinski definition) is 1. The van der Waals surface area contributed by atoms with Crippen LogP contribution in [0.15, 0.2) is 24.3 Å². The van der Waals surface area contributed by atoms with Crippen molar-refractivity contribution in [3.8, 4) is 0 Å². The highest BCUT2D eigenvalue weighted by molar-refractivity contribution is 5.77. The van der Waals surface area contributed by atoms with Crippen LogP contribution in [0, 0.1) is 11.7 Å². The van der Waals surface area contributed by atoms with Gasteiger partial charge in [0.15, 0.2) is 0 Å². The van der Waals surface area contributed by atoms with Gasteiger partial charge in [-0.05, 0) is 36.5 Å². The van der Waals surface area contributed by atoms with Crippen LogP contribution in [0.2, 0.25) is 0 Å². The van der Waals surface area contributed by atoms with Gasteiger partial charge >= 0.3 is 0 Å². The van der Waals surface area contributed by atoms with E-state index in [0.717, 1.165) is 12.1 Å². The van der Waals surface area contributed by atoms with E-state index in [0.29, 0.717) is 25.4 Å². The molecule has 102 valence electrons. The Balaban J connectivity index is 1.77. The maximum Gasteiger partial charge on any atom is 0.223 e. The van der Waals surface area contributed by atoms with Gasteiger partial charge in [-0.2, -0.15) is 0 Å². The van der Waals surface area contributed by atoms with Crippen LogP contribution in [0.5, 0.6) is 0 Å². The fourth-order valence-electron chi connectivity index (χ4n) is 2.70. The molecule has 1 saturated heterocycles. The average molecular weight is 262 g/mol. The third kappa shape index (κ3) is 2.95. The minimum atomic E-state index is -0.238. The van der Waals surface area contributed by atoms with Gasteiger partial charge in [0.05, 0.1) is 6.04 Å². The minimum Gasteiger partial charge on any atom is -0.333 e. The predicted molar refractivity (Wildman–Crippen MR) is 71.1 cm³/mol. The molecule has 3 nitrogen and oxygen atoms in total. The normalized spacial score (nSPS) is 23.4. The van der Waals surface area contributed by atoms with Crippen molar-refractivity contribution in [2.75, 3.05) is 19.6 Å². The summed E-state index contributed by atoms with van der Waals surface area (Å²) in [6.07, 6.45) is 3.02. The first-order chi connectivity index (χ1) is 9.24. The summed E-state index contributed by atoms with van der Waals surface area (Å²) in [5, 5.41) is 3.29. The summed E-state index contributed by atoms with van der Waals surface area (Å²) in [7, 11) is 0. The molecule has 0 spiro atoms. The smallest absolute Gasteiger partial charge is 0.223 e. The molecule has 0 bridgehead atoms. The fraction of sp³-hybridized carbons (Fsp3) is 0.533. The highest BCUT2D eigenvalue weighted by Crippen LogP contribution is 2.34. The number of benzene rings is 1. The van der Waals surface area contributed by atoms with E-state index in [4.69, 9.17) is 0 Å². The van der Waals surface area contributed by atoms with Crippen LogP contribution < -0.4 is 5.32 Å². The molecule has 2 fully saturated rings. The lowest BCUT2D eigenvalue weighted by Crippen LogP contribution is -2.48. The van der Waals surface area contributed by atoms with Gasteiger partial charge in [-0.3, -0.25) is 4.79 Å². The first-order valence-corrected chi connectivity index (χ1v) is 6.99. The lowest BCUT2D eigenvalue weighted by atomic mass is 10.0. The van der Waals surface area contributed by atoms with Crippen LogP contribution >= 0.6 is 0 Å². The molecule has 1 saturated carbocycles. The molecule has 1 aromatic carbocycles. The highest BCUT2D eigenvalue weighted by atomic mass is 19.1. The zero-order valence-corrected chi connectivity index (χ0v) is 10.9. The molecular weight excluding hydrogens is 243 g/mol. The third-order valence-corrected chi connectivity index (χ3v) is 3.96. The van der Waals surface area contributed by atoms with E-state index in [9.17, 15) is 9.18 Å². The number of nitrogens with zero attached hydrogens (tertiary/aromatic N) is 1. The summed E-state index contributed by atoms with van der Waals surface area (Å²) in [5.41, 5.74) is 0.886. The number of carbonyl (C=O) groups excluding carboxylic acids is 1. The zero-order chi connectivity index (χ0) is 13.2. The van der Waals surface area contributed by atoms with Gasteiger partial charge in [-0.1, -0.05) is 12.1 Å². The summed E-state index contributed by atoms with van der Waals surface area (Å²) in [4.78, 5) is 14.2. The Labute approximate surface area is 112 Å². The lowest BCUT2D eigenvalue weighted by Gasteiger charge is -2.36. The summed E-state index contributed by atoms with van der Waals surface area (Å²) in [5.74, 6) is 0.575. The maximum absolute atomic E-state index is 13.3. The number of hydrogen-bond acceptors (Lipinski definition) is 2. The van der Waals surface area contributed by atoms with Crippen molar-refractivity contribution in [3.05, 3.63) is 35.6 Å². The van der Waals surface area contributed by atoms with Gasteiger partial charge in [0.2, 0.25) is 5.91 Å². The largest absolute Gasteiger partial charge is 0.333 e. The summed E-state index contributed by atoms with van der Waals surface area (Å²) < 4.78 is 13.3. The fourth-order valence-corrected chi connectivity index (χ4v) is 2.70. The van der Waals surface area contributed by atoms with Crippen molar-refractivity contribution in [2.45, 2.75) is 25.3 Å². The highest BCUT2D eigenvalue weighted by Gasteiger charge is 2.32. The van der Waals surface area contributed by atoms with Gasteiger partial charge in [0.1, 0.15) is 5.82 Å². The van der Waals surface area contributed by atoms with Crippen molar-refractivity contribution in [2.24, 2.45) is 5.92 Å². The topological polar surface area (TPSA) is 32.3 Å². The maximum atomic E-state index is 13.3. The van der Waals surface area contributed by atoms with Crippen LogP contribution in [-0.2, 0) is 4.79 Å². The second-order valence-electron chi connectivity index (χ2n) is 5.51. The van der Waals surface area contributed by atoms with E-state index in [1.807, 2.05) is 11.0 Å². The molecule has 0 radical (unpaired) electrons. The van der Waals surface area contributed by atoms with Crippen molar-refractivity contribution in [1.82, 2.24) is 10.2 Å². The number of carbonyl (C=O) groups is 1. The monoisotopic (exact) mass is 262 g/mol. The van der Waals surface area contributed by atoms with Gasteiger partial charge in [0, 0.05) is 26.1 Å². The van der Waals surface area contributed by atoms with Gasteiger partial charge in [-0.25, -0.2) is 4.39 Å². The predicted octanol–water partition coefficient (Wildman–Crippen LogP) is 2.10. The minimum absolute atomic E-state index is 0.0318. The SMILES string of the molecule is O=C(CC1CC1)N1CCNCC1c1cccc(F)c1. The second kappa shape index (κ2) is 5.29. The molecule has 1 aromatic rings. The first kappa shape index (κ1) is 12.6. The van der Waals surface area contributed by atoms with E-state index in [1.54, 1.807) is 6.07 Å². The van der Waals surface area contributed by atoms with E-state index in [2.05, 4.69) is 5.32 Å². The zero-order valence-electron chi connectivity index (χ0n) is 10.9. The molecule has 3 rings (SSSR count). The molecule has 1 N–H and O–H groups in total. The number of piperazine rings is 1. The molecule has 1 atom stereocenters. The number of rotatable bonds is 3. The van der Waals surface area contributed by atoms with Crippen molar-refractivity contribution in [1.29, 1.82) is 0 Å². The molecule has 4 heteroatoms. The third-order valence-electron chi connectivity index (χ3n) is 3.96. The summed E-state index contributed by atoms with van der Waals surface area (Å²) in [6.45, 7) is 2.24. The Morgan fingerprint density at radius 2 is 2.26 bits per heavy atom. The Morgan fingerprint density at radius 1 is 1.42 bits per heavy atom. The van der Waals surface area contributed by atoms with Crippen molar-refractivity contribution < 1.29 is 9.18 Å². The average Bonchev–Trinajstić information content (AvgIpc) is 3.23. The molecule has 2 aliphatic rings. The van der Waals surface area contributed by atoms with Gasteiger partial charge in [-0.15, -0.1) is 0 Å². The molecule has 0 aromatic heterocycles. The standard InChI is InChI=1S/C15H19FN2O/c16-13-3-1-2-12(9-13)14-10-17-6-7-18(14)15(19)8-11-4-5-11/h1-3,9,11,14,17H,4-8,10H2. The quantitative estimate of drug-likeness (QED) is 0.904. The molecular formula is C15H19FN2O. The Kier molecular flexibility index (Phi) is 3.51. The van der Waals surface area contributed by atoms with E-state index < -0.39 is 0 Å². The van der Waals surface area contributed by atoms with E-state index in [1.165, 1.54) is 25.0 Å². The van der Waals surface area contributed by atoms with Crippen LogP contribution in [-0.4, -0.2) is 30.4 Å². The van der Waals surface area contributed by atoms with Crippen LogP contribution in [0.1, 0.15) is 30.9 Å². The van der Waals surface area contributed by atoms with Crippen LogP contribution in [0.3, 0.4) is 0 Å².